The van der Waals surface area contributed by atoms with Crippen LogP contribution in [0.2, 0.25) is 0 Å². The summed E-state index contributed by atoms with van der Waals surface area (Å²) in [6.45, 7) is 6.22. The van der Waals surface area contributed by atoms with Gasteiger partial charge in [-0.05, 0) is 13.8 Å². The van der Waals surface area contributed by atoms with Crippen molar-refractivity contribution in [2.45, 2.75) is 26.8 Å². The molecule has 1 atom stereocenters. The first-order valence-corrected chi connectivity index (χ1v) is 3.87. The Labute approximate surface area is 68.1 Å². The van der Waals surface area contributed by atoms with Gasteiger partial charge in [0.15, 0.2) is 0 Å². The smallest absolute Gasteiger partial charge is 0.225 e. The molecule has 66 valence electrons. The summed E-state index contributed by atoms with van der Waals surface area (Å²) >= 11 is 0. The van der Waals surface area contributed by atoms with Gasteiger partial charge < -0.3 is 10.1 Å². The first-order valence-electron chi connectivity index (χ1n) is 3.87. The highest BCUT2D eigenvalue weighted by atomic mass is 16.5. The number of carbonyl (C=O) groups excluding carboxylic acids is 1. The van der Waals surface area contributed by atoms with Crippen LogP contribution in [0.25, 0.3) is 0 Å². The van der Waals surface area contributed by atoms with E-state index in [4.69, 9.17) is 4.74 Å². The molecule has 3 nitrogen and oxygen atoms in total. The zero-order valence-electron chi connectivity index (χ0n) is 7.68. The molecule has 0 aliphatic heterocycles. The summed E-state index contributed by atoms with van der Waals surface area (Å²) in [5, 5.41) is 2.81. The maximum atomic E-state index is 11.2. The molecule has 3 heteroatoms. The Bertz CT molecular complexity index is 123. The van der Waals surface area contributed by atoms with Gasteiger partial charge in [0.25, 0.3) is 0 Å². The molecule has 0 aromatic rings. The lowest BCUT2D eigenvalue weighted by Crippen LogP contribution is -2.36. The van der Waals surface area contributed by atoms with Crippen LogP contribution in [0, 0.1) is 5.92 Å². The van der Waals surface area contributed by atoms with Crippen molar-refractivity contribution < 1.29 is 9.53 Å². The minimum atomic E-state index is -0.0533. The summed E-state index contributed by atoms with van der Waals surface area (Å²) in [5.41, 5.74) is 0. The average Bonchev–Trinajstić information content (AvgIpc) is 1.86. The van der Waals surface area contributed by atoms with E-state index in [1.807, 2.05) is 20.8 Å². The van der Waals surface area contributed by atoms with Crippen LogP contribution in [-0.4, -0.2) is 25.7 Å². The molecule has 0 aliphatic rings. The van der Waals surface area contributed by atoms with Gasteiger partial charge in [-0.25, -0.2) is 0 Å². The van der Waals surface area contributed by atoms with Gasteiger partial charge in [0.1, 0.15) is 0 Å². The van der Waals surface area contributed by atoms with E-state index in [2.05, 4.69) is 5.32 Å². The van der Waals surface area contributed by atoms with Crippen LogP contribution in [0.4, 0.5) is 0 Å². The molecule has 0 bridgehead atoms. The molecule has 0 radical (unpaired) electrons. The van der Waals surface area contributed by atoms with Crippen LogP contribution >= 0.6 is 0 Å². The van der Waals surface area contributed by atoms with Crippen molar-refractivity contribution in [2.75, 3.05) is 13.7 Å². The standard InChI is InChI=1S/C8H17NO2/c1-6(2)9-8(10)7(3)5-11-4/h6-7H,5H2,1-4H3,(H,9,10). The molecule has 1 N–H and O–H groups in total. The monoisotopic (exact) mass is 159 g/mol. The van der Waals surface area contributed by atoms with Crippen molar-refractivity contribution in [1.29, 1.82) is 0 Å². The third-order valence-electron chi connectivity index (χ3n) is 1.30. The van der Waals surface area contributed by atoms with Gasteiger partial charge in [-0.1, -0.05) is 6.92 Å². The largest absolute Gasteiger partial charge is 0.384 e. The van der Waals surface area contributed by atoms with E-state index in [1.165, 1.54) is 0 Å². The fraction of sp³-hybridized carbons (Fsp3) is 0.875. The molecule has 0 saturated heterocycles. The van der Waals surface area contributed by atoms with E-state index in [0.29, 0.717) is 6.61 Å². The molecule has 0 spiro atoms. The molecule has 0 aliphatic carbocycles. The number of rotatable bonds is 4. The Morgan fingerprint density at radius 2 is 2.00 bits per heavy atom. The number of amides is 1. The zero-order chi connectivity index (χ0) is 8.85. The highest BCUT2D eigenvalue weighted by Gasteiger charge is 2.12. The Morgan fingerprint density at radius 1 is 1.45 bits per heavy atom. The van der Waals surface area contributed by atoms with Gasteiger partial charge in [0.05, 0.1) is 12.5 Å². The fourth-order valence-corrected chi connectivity index (χ4v) is 0.752. The van der Waals surface area contributed by atoms with Crippen LogP contribution in [0.1, 0.15) is 20.8 Å². The normalized spacial score (nSPS) is 13.2. The maximum absolute atomic E-state index is 11.2. The molecule has 0 aromatic heterocycles. The summed E-state index contributed by atoms with van der Waals surface area (Å²) in [4.78, 5) is 11.2. The maximum Gasteiger partial charge on any atom is 0.225 e. The van der Waals surface area contributed by atoms with E-state index < -0.39 is 0 Å². The van der Waals surface area contributed by atoms with E-state index >= 15 is 0 Å². The second-order valence-corrected chi connectivity index (χ2v) is 3.02. The van der Waals surface area contributed by atoms with Gasteiger partial charge in [-0.3, -0.25) is 4.79 Å². The molecule has 0 aromatic carbocycles. The van der Waals surface area contributed by atoms with Crippen LogP contribution < -0.4 is 5.32 Å². The lowest BCUT2D eigenvalue weighted by atomic mass is 10.2. The van der Waals surface area contributed by atoms with E-state index in [0.717, 1.165) is 0 Å². The molecule has 0 rings (SSSR count). The number of nitrogens with one attached hydrogen (secondary N) is 1. The Hall–Kier alpha value is -0.570. The average molecular weight is 159 g/mol. The molecular formula is C8H17NO2. The first-order chi connectivity index (χ1) is 5.07. The quantitative estimate of drug-likeness (QED) is 0.658. The second kappa shape index (κ2) is 5.13. The highest BCUT2D eigenvalue weighted by Crippen LogP contribution is 1.95. The van der Waals surface area contributed by atoms with Crippen molar-refractivity contribution in [3.8, 4) is 0 Å². The number of carbonyl (C=O) groups is 1. The molecule has 0 saturated carbocycles. The topological polar surface area (TPSA) is 38.3 Å². The zero-order valence-corrected chi connectivity index (χ0v) is 7.68. The fourth-order valence-electron chi connectivity index (χ4n) is 0.752. The number of methoxy groups -OCH3 is 1. The lowest BCUT2D eigenvalue weighted by Gasteiger charge is -2.13. The van der Waals surface area contributed by atoms with Gasteiger partial charge in [0.2, 0.25) is 5.91 Å². The number of hydrogen-bond donors (Lipinski definition) is 1. The van der Waals surface area contributed by atoms with E-state index in [9.17, 15) is 4.79 Å². The van der Waals surface area contributed by atoms with E-state index in [-0.39, 0.29) is 17.9 Å². The Balaban J connectivity index is 3.64. The molecule has 1 amide bonds. The summed E-state index contributed by atoms with van der Waals surface area (Å²) in [6, 6.07) is 0.210. The Kier molecular flexibility index (Phi) is 4.86. The SMILES string of the molecule is COCC(C)C(=O)NC(C)C. The van der Waals surface area contributed by atoms with Gasteiger partial charge in [0, 0.05) is 13.2 Å². The minimum Gasteiger partial charge on any atom is -0.384 e. The second-order valence-electron chi connectivity index (χ2n) is 3.02. The minimum absolute atomic E-state index is 0.0533. The summed E-state index contributed by atoms with van der Waals surface area (Å²) < 4.78 is 4.85. The van der Waals surface area contributed by atoms with Crippen molar-refractivity contribution >= 4 is 5.91 Å². The van der Waals surface area contributed by atoms with Crippen LogP contribution in [0.5, 0.6) is 0 Å². The Morgan fingerprint density at radius 3 is 2.36 bits per heavy atom. The van der Waals surface area contributed by atoms with Crippen molar-refractivity contribution in [1.82, 2.24) is 5.32 Å². The van der Waals surface area contributed by atoms with E-state index in [1.54, 1.807) is 7.11 Å². The summed E-state index contributed by atoms with van der Waals surface area (Å²) in [5.74, 6) is 0.00394. The third-order valence-corrected chi connectivity index (χ3v) is 1.30. The van der Waals surface area contributed by atoms with Crippen LogP contribution in [-0.2, 0) is 9.53 Å². The van der Waals surface area contributed by atoms with Gasteiger partial charge >= 0.3 is 0 Å². The number of ether oxygens (including phenoxy) is 1. The molecule has 1 unspecified atom stereocenters. The van der Waals surface area contributed by atoms with Crippen LogP contribution in [0.15, 0.2) is 0 Å². The predicted molar refractivity (Wildman–Crippen MR) is 44.3 cm³/mol. The van der Waals surface area contributed by atoms with Crippen molar-refractivity contribution in [2.24, 2.45) is 5.92 Å². The molecule has 11 heavy (non-hydrogen) atoms. The van der Waals surface area contributed by atoms with Crippen molar-refractivity contribution in [3.63, 3.8) is 0 Å². The van der Waals surface area contributed by atoms with Crippen LogP contribution in [0.3, 0.4) is 0 Å². The molecular weight excluding hydrogens is 142 g/mol. The third kappa shape index (κ3) is 4.79. The van der Waals surface area contributed by atoms with Gasteiger partial charge in [-0.15, -0.1) is 0 Å². The highest BCUT2D eigenvalue weighted by molar-refractivity contribution is 5.78. The summed E-state index contributed by atoms with van der Waals surface area (Å²) in [6.07, 6.45) is 0. The molecule has 0 fully saturated rings. The van der Waals surface area contributed by atoms with Crippen molar-refractivity contribution in [3.05, 3.63) is 0 Å². The predicted octanol–water partition coefficient (Wildman–Crippen LogP) is 0.793. The number of hydrogen-bond acceptors (Lipinski definition) is 2. The molecule has 0 heterocycles. The summed E-state index contributed by atoms with van der Waals surface area (Å²) in [7, 11) is 1.60. The first kappa shape index (κ1) is 10.4. The van der Waals surface area contributed by atoms with Gasteiger partial charge in [-0.2, -0.15) is 0 Å². The lowest BCUT2D eigenvalue weighted by molar-refractivity contribution is -0.126.